The van der Waals surface area contributed by atoms with Crippen LogP contribution in [0.1, 0.15) is 24.7 Å². The number of carbonyl (C=O) groups excluding carboxylic acids is 1. The summed E-state index contributed by atoms with van der Waals surface area (Å²) in [6, 6.07) is 8.30. The summed E-state index contributed by atoms with van der Waals surface area (Å²) in [5.74, 6) is 0.520. The summed E-state index contributed by atoms with van der Waals surface area (Å²) in [5.41, 5.74) is 1.68. The summed E-state index contributed by atoms with van der Waals surface area (Å²) in [6.45, 7) is 2.29. The van der Waals surface area contributed by atoms with Crippen molar-refractivity contribution in [2.24, 2.45) is 0 Å². The second-order valence-corrected chi connectivity index (χ2v) is 7.24. The molecule has 6 nitrogen and oxygen atoms in total. The molecule has 0 atom stereocenters. The first-order chi connectivity index (χ1) is 11.0. The SMILES string of the molecule is CC(=O)N1CCCc2cc(S(=O)(=O)NCc3ccco3)ccc21. The Morgan fingerprint density at radius 3 is 2.87 bits per heavy atom. The molecule has 122 valence electrons. The first-order valence-electron chi connectivity index (χ1n) is 7.40. The topological polar surface area (TPSA) is 79.6 Å². The molecule has 23 heavy (non-hydrogen) atoms. The molecular formula is C16H18N2O4S. The van der Waals surface area contributed by atoms with Gasteiger partial charge in [0.1, 0.15) is 5.76 Å². The van der Waals surface area contributed by atoms with Crippen molar-refractivity contribution in [3.05, 3.63) is 47.9 Å². The number of furan rings is 1. The van der Waals surface area contributed by atoms with E-state index in [-0.39, 0.29) is 17.3 Å². The monoisotopic (exact) mass is 334 g/mol. The number of amides is 1. The molecule has 0 bridgehead atoms. The number of aryl methyl sites for hydroxylation is 1. The fourth-order valence-corrected chi connectivity index (χ4v) is 3.77. The van der Waals surface area contributed by atoms with Crippen LogP contribution >= 0.6 is 0 Å². The van der Waals surface area contributed by atoms with Gasteiger partial charge < -0.3 is 9.32 Å². The van der Waals surface area contributed by atoms with Crippen molar-refractivity contribution in [3.63, 3.8) is 0 Å². The van der Waals surface area contributed by atoms with Crippen molar-refractivity contribution in [1.29, 1.82) is 0 Å². The van der Waals surface area contributed by atoms with E-state index in [1.165, 1.54) is 19.3 Å². The Kier molecular flexibility index (Phi) is 4.23. The number of rotatable bonds is 4. The van der Waals surface area contributed by atoms with Gasteiger partial charge in [0.2, 0.25) is 15.9 Å². The van der Waals surface area contributed by atoms with E-state index in [2.05, 4.69) is 4.72 Å². The third-order valence-electron chi connectivity index (χ3n) is 3.88. The average molecular weight is 334 g/mol. The van der Waals surface area contributed by atoms with E-state index >= 15 is 0 Å². The van der Waals surface area contributed by atoms with E-state index in [9.17, 15) is 13.2 Å². The average Bonchev–Trinajstić information content (AvgIpc) is 3.05. The predicted molar refractivity (Wildman–Crippen MR) is 85.5 cm³/mol. The molecule has 1 amide bonds. The Bertz CT molecular complexity index is 813. The zero-order valence-corrected chi connectivity index (χ0v) is 13.6. The highest BCUT2D eigenvalue weighted by molar-refractivity contribution is 7.89. The van der Waals surface area contributed by atoms with E-state index < -0.39 is 10.0 Å². The van der Waals surface area contributed by atoms with Crippen molar-refractivity contribution in [1.82, 2.24) is 4.72 Å². The number of benzene rings is 1. The highest BCUT2D eigenvalue weighted by atomic mass is 32.2. The molecule has 1 aromatic heterocycles. The molecule has 2 heterocycles. The molecule has 0 fully saturated rings. The van der Waals surface area contributed by atoms with Gasteiger partial charge in [0.15, 0.2) is 0 Å². The lowest BCUT2D eigenvalue weighted by molar-refractivity contribution is -0.116. The number of hydrogen-bond acceptors (Lipinski definition) is 4. The second kappa shape index (κ2) is 6.17. The number of anilines is 1. The Morgan fingerprint density at radius 2 is 2.17 bits per heavy atom. The molecule has 1 aliphatic rings. The van der Waals surface area contributed by atoms with Crippen molar-refractivity contribution in [2.45, 2.75) is 31.2 Å². The summed E-state index contributed by atoms with van der Waals surface area (Å²) in [5, 5.41) is 0. The molecule has 1 aliphatic heterocycles. The number of hydrogen-bond donors (Lipinski definition) is 1. The number of fused-ring (bicyclic) bond motifs is 1. The van der Waals surface area contributed by atoms with Crippen LogP contribution in [-0.4, -0.2) is 20.9 Å². The maximum atomic E-state index is 12.4. The number of carbonyl (C=O) groups is 1. The van der Waals surface area contributed by atoms with Gasteiger partial charge in [-0.25, -0.2) is 13.1 Å². The van der Waals surface area contributed by atoms with Crippen LogP contribution in [0.25, 0.3) is 0 Å². The van der Waals surface area contributed by atoms with Gasteiger partial charge in [0, 0.05) is 19.2 Å². The number of sulfonamides is 1. The minimum absolute atomic E-state index is 0.0301. The first kappa shape index (κ1) is 15.8. The molecule has 0 saturated heterocycles. The van der Waals surface area contributed by atoms with Crippen LogP contribution in [0.3, 0.4) is 0 Å². The van der Waals surface area contributed by atoms with Gasteiger partial charge in [0.25, 0.3) is 0 Å². The van der Waals surface area contributed by atoms with E-state index in [0.29, 0.717) is 12.3 Å². The lowest BCUT2D eigenvalue weighted by atomic mass is 10.0. The van der Waals surface area contributed by atoms with Crippen LogP contribution in [0.4, 0.5) is 5.69 Å². The second-order valence-electron chi connectivity index (χ2n) is 5.47. The highest BCUT2D eigenvalue weighted by Crippen LogP contribution is 2.29. The minimum atomic E-state index is -3.62. The summed E-state index contributed by atoms with van der Waals surface area (Å²) in [7, 11) is -3.62. The van der Waals surface area contributed by atoms with Gasteiger partial charge in [-0.15, -0.1) is 0 Å². The lowest BCUT2D eigenvalue weighted by Gasteiger charge is -2.28. The smallest absolute Gasteiger partial charge is 0.240 e. The third-order valence-corrected chi connectivity index (χ3v) is 5.28. The van der Waals surface area contributed by atoms with Crippen LogP contribution < -0.4 is 9.62 Å². The fraction of sp³-hybridized carbons (Fsp3) is 0.312. The largest absolute Gasteiger partial charge is 0.468 e. The van der Waals surface area contributed by atoms with Crippen LogP contribution in [0.15, 0.2) is 45.9 Å². The molecule has 1 aromatic carbocycles. The van der Waals surface area contributed by atoms with Gasteiger partial charge >= 0.3 is 0 Å². The first-order valence-corrected chi connectivity index (χ1v) is 8.89. The molecule has 0 spiro atoms. The summed E-state index contributed by atoms with van der Waals surface area (Å²) >= 11 is 0. The van der Waals surface area contributed by atoms with Gasteiger partial charge in [-0.3, -0.25) is 4.79 Å². The van der Waals surface area contributed by atoms with Gasteiger partial charge in [-0.1, -0.05) is 0 Å². The van der Waals surface area contributed by atoms with Crippen LogP contribution in [-0.2, 0) is 27.8 Å². The van der Waals surface area contributed by atoms with Crippen molar-refractivity contribution >= 4 is 21.6 Å². The Hall–Kier alpha value is -2.12. The van der Waals surface area contributed by atoms with E-state index in [4.69, 9.17) is 4.42 Å². The molecule has 2 aromatic rings. The molecule has 1 N–H and O–H groups in total. The number of nitrogens with one attached hydrogen (secondary N) is 1. The zero-order valence-electron chi connectivity index (χ0n) is 12.8. The number of nitrogens with zero attached hydrogens (tertiary/aromatic N) is 1. The Labute approximate surface area is 135 Å². The summed E-state index contributed by atoms with van der Waals surface area (Å²) < 4.78 is 32.4. The Balaban J connectivity index is 1.84. The molecule has 7 heteroatoms. The summed E-state index contributed by atoms with van der Waals surface area (Å²) in [4.78, 5) is 13.6. The molecule has 0 radical (unpaired) electrons. The van der Waals surface area contributed by atoms with E-state index in [0.717, 1.165) is 24.1 Å². The maximum Gasteiger partial charge on any atom is 0.240 e. The van der Waals surface area contributed by atoms with Gasteiger partial charge in [-0.2, -0.15) is 0 Å². The normalized spacial score (nSPS) is 14.6. The molecule has 3 rings (SSSR count). The minimum Gasteiger partial charge on any atom is -0.468 e. The van der Waals surface area contributed by atoms with Crippen molar-refractivity contribution in [2.75, 3.05) is 11.4 Å². The van der Waals surface area contributed by atoms with Crippen molar-refractivity contribution < 1.29 is 17.6 Å². The quantitative estimate of drug-likeness (QED) is 0.928. The molecule has 0 saturated carbocycles. The van der Waals surface area contributed by atoms with E-state index in [1.54, 1.807) is 29.2 Å². The Morgan fingerprint density at radius 1 is 1.35 bits per heavy atom. The lowest BCUT2D eigenvalue weighted by Crippen LogP contribution is -2.33. The third kappa shape index (κ3) is 3.30. The van der Waals surface area contributed by atoms with Crippen LogP contribution in [0.5, 0.6) is 0 Å². The van der Waals surface area contributed by atoms with Crippen LogP contribution in [0.2, 0.25) is 0 Å². The molecular weight excluding hydrogens is 316 g/mol. The summed E-state index contributed by atoms with van der Waals surface area (Å²) in [6.07, 6.45) is 3.09. The molecule has 0 aliphatic carbocycles. The van der Waals surface area contributed by atoms with Crippen molar-refractivity contribution in [3.8, 4) is 0 Å². The van der Waals surface area contributed by atoms with Crippen LogP contribution in [0, 0.1) is 0 Å². The van der Waals surface area contributed by atoms with E-state index in [1.807, 2.05) is 0 Å². The standard InChI is InChI=1S/C16H18N2O4S/c1-12(19)18-8-2-4-13-10-15(6-7-16(13)18)23(20,21)17-11-14-5-3-9-22-14/h3,5-7,9-10,17H,2,4,8,11H2,1H3. The highest BCUT2D eigenvalue weighted by Gasteiger charge is 2.23. The zero-order chi connectivity index (χ0) is 16.4. The predicted octanol–water partition coefficient (Wildman–Crippen LogP) is 2.06. The fourth-order valence-electron chi connectivity index (χ4n) is 2.73. The maximum absolute atomic E-state index is 12.4. The molecule has 0 unspecified atom stereocenters. The van der Waals surface area contributed by atoms with Gasteiger partial charge in [0.05, 0.1) is 17.7 Å². The van der Waals surface area contributed by atoms with Gasteiger partial charge in [-0.05, 0) is 48.7 Å².